The minimum Gasteiger partial charge on any atom is -0.362 e. The average Bonchev–Trinajstić information content (AvgIpc) is 2.78. The molecule has 0 aromatic carbocycles. The predicted molar refractivity (Wildman–Crippen MR) is 67.6 cm³/mol. The van der Waals surface area contributed by atoms with Crippen molar-refractivity contribution in [3.8, 4) is 0 Å². The molecule has 1 aliphatic rings. The van der Waals surface area contributed by atoms with Crippen LogP contribution in [-0.2, 0) is 21.2 Å². The number of aryl methyl sites for hydroxylation is 1. The van der Waals surface area contributed by atoms with E-state index in [1.807, 2.05) is 13.0 Å². The van der Waals surface area contributed by atoms with E-state index >= 15 is 0 Å². The van der Waals surface area contributed by atoms with Crippen LogP contribution in [-0.4, -0.2) is 32.1 Å². The van der Waals surface area contributed by atoms with Crippen LogP contribution in [0.2, 0.25) is 0 Å². The first kappa shape index (κ1) is 13.0. The molecule has 1 fully saturated rings. The number of hydrogen-bond acceptors (Lipinski definition) is 4. The van der Waals surface area contributed by atoms with Gasteiger partial charge in [0.1, 0.15) is 10.4 Å². The van der Waals surface area contributed by atoms with Crippen molar-refractivity contribution in [1.29, 1.82) is 0 Å². The van der Waals surface area contributed by atoms with Crippen LogP contribution >= 0.6 is 11.3 Å². The maximum Gasteiger partial charge on any atom is 0.254 e. The standard InChI is InChI=1S/C11H17NO3S2/c1-3-10-5-6-11(16-10)17(13,14)12-7-4-8-15-9(12)2/h5-6,9H,3-4,7-8H2,1-2H3. The lowest BCUT2D eigenvalue weighted by atomic mass is 10.4. The summed E-state index contributed by atoms with van der Waals surface area (Å²) >= 11 is 1.35. The minimum atomic E-state index is -3.37. The second-order valence-corrected chi connectivity index (χ2v) is 7.30. The summed E-state index contributed by atoms with van der Waals surface area (Å²) in [4.78, 5) is 1.09. The van der Waals surface area contributed by atoms with Crippen molar-refractivity contribution in [2.75, 3.05) is 13.2 Å². The number of ether oxygens (including phenoxy) is 1. The zero-order valence-electron chi connectivity index (χ0n) is 10.0. The molecule has 6 heteroatoms. The van der Waals surface area contributed by atoms with Gasteiger partial charge in [-0.2, -0.15) is 4.31 Å². The van der Waals surface area contributed by atoms with E-state index in [0.29, 0.717) is 17.4 Å². The van der Waals surface area contributed by atoms with Gasteiger partial charge in [-0.05, 0) is 31.9 Å². The van der Waals surface area contributed by atoms with E-state index in [1.54, 1.807) is 13.0 Å². The zero-order chi connectivity index (χ0) is 12.5. The summed E-state index contributed by atoms with van der Waals surface area (Å²) in [5.41, 5.74) is 0. The highest BCUT2D eigenvalue weighted by molar-refractivity contribution is 7.91. The molecule has 0 spiro atoms. The van der Waals surface area contributed by atoms with Crippen molar-refractivity contribution >= 4 is 21.4 Å². The summed E-state index contributed by atoms with van der Waals surface area (Å²) in [6, 6.07) is 3.58. The van der Waals surface area contributed by atoms with Crippen LogP contribution in [0.1, 0.15) is 25.1 Å². The fraction of sp³-hybridized carbons (Fsp3) is 0.636. The van der Waals surface area contributed by atoms with Gasteiger partial charge in [0.05, 0.1) is 0 Å². The molecule has 0 saturated carbocycles. The fourth-order valence-electron chi connectivity index (χ4n) is 1.86. The Morgan fingerprint density at radius 2 is 2.29 bits per heavy atom. The van der Waals surface area contributed by atoms with Gasteiger partial charge in [-0.25, -0.2) is 8.42 Å². The topological polar surface area (TPSA) is 46.6 Å². The highest BCUT2D eigenvalue weighted by Crippen LogP contribution is 2.28. The van der Waals surface area contributed by atoms with Crippen molar-refractivity contribution in [2.24, 2.45) is 0 Å². The van der Waals surface area contributed by atoms with E-state index in [-0.39, 0.29) is 6.23 Å². The maximum absolute atomic E-state index is 12.4. The van der Waals surface area contributed by atoms with Crippen LogP contribution in [0.25, 0.3) is 0 Å². The van der Waals surface area contributed by atoms with E-state index in [4.69, 9.17) is 4.74 Å². The first-order valence-corrected chi connectivity index (χ1v) is 8.03. The summed E-state index contributed by atoms with van der Waals surface area (Å²) in [7, 11) is -3.37. The SMILES string of the molecule is CCc1ccc(S(=O)(=O)N2CCCOC2C)s1. The van der Waals surface area contributed by atoms with Crippen LogP contribution in [0.15, 0.2) is 16.3 Å². The Hall–Kier alpha value is -0.430. The Morgan fingerprint density at radius 1 is 1.53 bits per heavy atom. The van der Waals surface area contributed by atoms with Gasteiger partial charge in [-0.1, -0.05) is 6.92 Å². The minimum absolute atomic E-state index is 0.360. The monoisotopic (exact) mass is 275 g/mol. The van der Waals surface area contributed by atoms with E-state index in [9.17, 15) is 8.42 Å². The van der Waals surface area contributed by atoms with Gasteiger partial charge in [0.2, 0.25) is 0 Å². The molecule has 4 nitrogen and oxygen atoms in total. The Kier molecular flexibility index (Phi) is 3.87. The van der Waals surface area contributed by atoms with Gasteiger partial charge in [0.25, 0.3) is 10.0 Å². The molecule has 0 N–H and O–H groups in total. The number of sulfonamides is 1. The quantitative estimate of drug-likeness (QED) is 0.848. The van der Waals surface area contributed by atoms with Crippen LogP contribution in [0.4, 0.5) is 0 Å². The van der Waals surface area contributed by atoms with Crippen LogP contribution < -0.4 is 0 Å². The summed E-state index contributed by atoms with van der Waals surface area (Å²) in [5.74, 6) is 0. The molecular weight excluding hydrogens is 258 g/mol. The number of thiophene rings is 1. The van der Waals surface area contributed by atoms with E-state index in [2.05, 4.69) is 0 Å². The van der Waals surface area contributed by atoms with Crippen LogP contribution in [0.5, 0.6) is 0 Å². The molecule has 1 aromatic rings. The maximum atomic E-state index is 12.4. The predicted octanol–water partition coefficient (Wildman–Crippen LogP) is 2.07. The van der Waals surface area contributed by atoms with E-state index in [0.717, 1.165) is 17.7 Å². The molecule has 17 heavy (non-hydrogen) atoms. The fourth-order valence-corrected chi connectivity index (χ4v) is 4.85. The summed E-state index contributed by atoms with van der Waals surface area (Å²) in [6.07, 6.45) is 1.27. The molecule has 96 valence electrons. The number of hydrogen-bond donors (Lipinski definition) is 0. The van der Waals surface area contributed by atoms with E-state index < -0.39 is 10.0 Å². The molecule has 2 heterocycles. The lowest BCUT2D eigenvalue weighted by molar-refractivity contribution is -0.0409. The van der Waals surface area contributed by atoms with Gasteiger partial charge < -0.3 is 4.74 Å². The normalized spacial score (nSPS) is 22.8. The highest BCUT2D eigenvalue weighted by Gasteiger charge is 2.32. The lowest BCUT2D eigenvalue weighted by Crippen LogP contribution is -2.44. The summed E-state index contributed by atoms with van der Waals surface area (Å²) < 4.78 is 32.0. The smallest absolute Gasteiger partial charge is 0.254 e. The third kappa shape index (κ3) is 2.54. The molecule has 0 amide bonds. The molecular formula is C11H17NO3S2. The van der Waals surface area contributed by atoms with Crippen molar-refractivity contribution in [2.45, 2.75) is 37.1 Å². The third-order valence-corrected chi connectivity index (χ3v) is 6.48. The van der Waals surface area contributed by atoms with Gasteiger partial charge in [0, 0.05) is 18.0 Å². The largest absolute Gasteiger partial charge is 0.362 e. The van der Waals surface area contributed by atoms with Crippen molar-refractivity contribution in [3.05, 3.63) is 17.0 Å². The second kappa shape index (κ2) is 5.06. The van der Waals surface area contributed by atoms with Crippen molar-refractivity contribution in [3.63, 3.8) is 0 Å². The molecule has 1 unspecified atom stereocenters. The van der Waals surface area contributed by atoms with Gasteiger partial charge >= 0.3 is 0 Å². The summed E-state index contributed by atoms with van der Waals surface area (Å²) in [6.45, 7) is 4.99. The highest BCUT2D eigenvalue weighted by atomic mass is 32.2. The Balaban J connectivity index is 2.28. The lowest BCUT2D eigenvalue weighted by Gasteiger charge is -2.31. The number of nitrogens with zero attached hydrogens (tertiary/aromatic N) is 1. The molecule has 2 rings (SSSR count). The van der Waals surface area contributed by atoms with Crippen LogP contribution in [0, 0.1) is 0 Å². The third-order valence-electron chi connectivity index (χ3n) is 2.84. The molecule has 1 aromatic heterocycles. The first-order chi connectivity index (χ1) is 8.05. The van der Waals surface area contributed by atoms with E-state index in [1.165, 1.54) is 15.6 Å². The Labute approximate surface area is 106 Å². The van der Waals surface area contributed by atoms with Gasteiger partial charge in [0.15, 0.2) is 0 Å². The molecule has 0 aliphatic carbocycles. The Bertz CT molecular complexity index is 481. The van der Waals surface area contributed by atoms with Gasteiger partial charge in [-0.3, -0.25) is 0 Å². The summed E-state index contributed by atoms with van der Waals surface area (Å²) in [5, 5.41) is 0. The Morgan fingerprint density at radius 3 is 2.88 bits per heavy atom. The average molecular weight is 275 g/mol. The second-order valence-electron chi connectivity index (χ2n) is 4.01. The molecule has 1 saturated heterocycles. The molecule has 0 bridgehead atoms. The van der Waals surface area contributed by atoms with Crippen LogP contribution in [0.3, 0.4) is 0 Å². The van der Waals surface area contributed by atoms with Crippen molar-refractivity contribution in [1.82, 2.24) is 4.31 Å². The van der Waals surface area contributed by atoms with Gasteiger partial charge in [-0.15, -0.1) is 11.3 Å². The van der Waals surface area contributed by atoms with Crippen molar-refractivity contribution < 1.29 is 13.2 Å². The molecule has 1 atom stereocenters. The zero-order valence-corrected chi connectivity index (χ0v) is 11.7. The molecule has 0 radical (unpaired) electrons. The number of rotatable bonds is 3. The first-order valence-electron chi connectivity index (χ1n) is 5.78. The molecule has 1 aliphatic heterocycles.